The highest BCUT2D eigenvalue weighted by molar-refractivity contribution is 9.10. The van der Waals surface area contributed by atoms with E-state index in [4.69, 9.17) is 10.2 Å². The molecule has 11 heavy (non-hydrogen) atoms. The van der Waals surface area contributed by atoms with E-state index in [0.717, 1.165) is 4.47 Å². The molecule has 1 atom stereocenters. The van der Waals surface area contributed by atoms with Gasteiger partial charge in [-0.1, -0.05) is 0 Å². The number of nitrogens with two attached hydrogens (primary N) is 1. The number of hydrogen-bond donors (Lipinski definition) is 1. The molecular weight excluding hydrogens is 210 g/mol. The Morgan fingerprint density at radius 3 is 2.82 bits per heavy atom. The van der Waals surface area contributed by atoms with Crippen molar-refractivity contribution >= 4 is 21.7 Å². The summed E-state index contributed by atoms with van der Waals surface area (Å²) in [5.74, 6) is 0.113. The summed E-state index contributed by atoms with van der Waals surface area (Å²) in [5.41, 5.74) is 5.35. The first-order chi connectivity index (χ1) is 5.11. The summed E-state index contributed by atoms with van der Waals surface area (Å²) in [7, 11) is 0. The fourth-order valence-electron chi connectivity index (χ4n) is 0.667. The van der Waals surface area contributed by atoms with Crippen molar-refractivity contribution in [3.63, 3.8) is 0 Å². The smallest absolute Gasteiger partial charge is 0.214 e. The van der Waals surface area contributed by atoms with Crippen molar-refractivity contribution < 1.29 is 9.21 Å². The van der Waals surface area contributed by atoms with E-state index in [2.05, 4.69) is 15.9 Å². The van der Waals surface area contributed by atoms with Gasteiger partial charge in [0.25, 0.3) is 0 Å². The Morgan fingerprint density at radius 2 is 2.45 bits per heavy atom. The van der Waals surface area contributed by atoms with Crippen molar-refractivity contribution in [2.75, 3.05) is 0 Å². The molecule has 1 unspecified atom stereocenters. The lowest BCUT2D eigenvalue weighted by Crippen LogP contribution is -2.26. The second-order valence-corrected chi connectivity index (χ2v) is 3.20. The highest BCUT2D eigenvalue weighted by Crippen LogP contribution is 2.14. The summed E-state index contributed by atoms with van der Waals surface area (Å²) >= 11 is 3.16. The molecule has 60 valence electrons. The zero-order valence-corrected chi connectivity index (χ0v) is 7.59. The number of Topliss-reactive ketones (excluding diaryl/α,β-unsaturated/α-hetero) is 1. The number of rotatable bonds is 2. The summed E-state index contributed by atoms with van der Waals surface area (Å²) in [5, 5.41) is 0. The van der Waals surface area contributed by atoms with Crippen molar-refractivity contribution in [2.24, 2.45) is 5.73 Å². The predicted octanol–water partition coefficient (Wildman–Crippen LogP) is 1.57. The Balaban J connectivity index is 2.85. The average Bonchev–Trinajstić information content (AvgIpc) is 2.34. The molecule has 0 aliphatic carbocycles. The van der Waals surface area contributed by atoms with Gasteiger partial charge in [-0.25, -0.2) is 0 Å². The van der Waals surface area contributed by atoms with Gasteiger partial charge in [0, 0.05) is 6.07 Å². The minimum absolute atomic E-state index is 0.185. The van der Waals surface area contributed by atoms with Crippen LogP contribution in [0.5, 0.6) is 0 Å². The summed E-state index contributed by atoms with van der Waals surface area (Å²) < 4.78 is 5.66. The molecule has 4 heteroatoms. The largest absolute Gasteiger partial charge is 0.460 e. The highest BCUT2D eigenvalue weighted by Gasteiger charge is 2.14. The summed E-state index contributed by atoms with van der Waals surface area (Å²) in [4.78, 5) is 11.1. The van der Waals surface area contributed by atoms with Crippen molar-refractivity contribution in [3.05, 3.63) is 22.6 Å². The van der Waals surface area contributed by atoms with Crippen LogP contribution in [-0.4, -0.2) is 11.8 Å². The number of ketones is 1. The second kappa shape index (κ2) is 3.19. The molecule has 0 spiro atoms. The molecule has 0 fully saturated rings. The molecule has 0 saturated carbocycles. The first-order valence-electron chi connectivity index (χ1n) is 3.15. The minimum atomic E-state index is -0.506. The van der Waals surface area contributed by atoms with E-state index in [1.165, 1.54) is 6.26 Å². The Hall–Kier alpha value is -0.610. The van der Waals surface area contributed by atoms with E-state index in [1.54, 1.807) is 13.0 Å². The molecule has 2 N–H and O–H groups in total. The fourth-order valence-corrected chi connectivity index (χ4v) is 0.968. The number of carbonyl (C=O) groups excluding carboxylic acids is 1. The van der Waals surface area contributed by atoms with E-state index < -0.39 is 6.04 Å². The van der Waals surface area contributed by atoms with Crippen LogP contribution in [0, 0.1) is 0 Å². The minimum Gasteiger partial charge on any atom is -0.460 e. The van der Waals surface area contributed by atoms with E-state index in [1.807, 2.05) is 0 Å². The molecule has 0 radical (unpaired) electrons. The number of carbonyl (C=O) groups is 1. The van der Waals surface area contributed by atoms with Gasteiger partial charge in [-0.3, -0.25) is 4.79 Å². The molecule has 0 aliphatic heterocycles. The van der Waals surface area contributed by atoms with Crippen LogP contribution >= 0.6 is 15.9 Å². The number of hydrogen-bond acceptors (Lipinski definition) is 3. The number of furan rings is 1. The topological polar surface area (TPSA) is 56.2 Å². The Morgan fingerprint density at radius 1 is 1.82 bits per heavy atom. The van der Waals surface area contributed by atoms with Gasteiger partial charge in [-0.05, 0) is 22.9 Å². The van der Waals surface area contributed by atoms with Crippen LogP contribution in [0.1, 0.15) is 17.5 Å². The van der Waals surface area contributed by atoms with E-state index >= 15 is 0 Å². The third-order valence-corrected chi connectivity index (χ3v) is 1.64. The molecule has 0 aromatic carbocycles. The predicted molar refractivity (Wildman–Crippen MR) is 44.4 cm³/mol. The molecular formula is C7H8BrNO2. The Bertz CT molecular complexity index is 267. The van der Waals surface area contributed by atoms with Crippen LogP contribution in [0.15, 0.2) is 21.2 Å². The van der Waals surface area contributed by atoms with Gasteiger partial charge in [0.05, 0.1) is 10.5 Å². The van der Waals surface area contributed by atoms with Gasteiger partial charge in [0.1, 0.15) is 6.26 Å². The monoisotopic (exact) mass is 217 g/mol. The van der Waals surface area contributed by atoms with Gasteiger partial charge in [0.2, 0.25) is 5.78 Å². The Labute approximate surface area is 72.7 Å². The molecule has 1 aromatic heterocycles. The molecule has 1 rings (SSSR count). The standard InChI is InChI=1S/C7H8BrNO2/c1-4(9)7(10)6-2-5(8)3-11-6/h2-4H,9H2,1H3. The molecule has 0 saturated heterocycles. The first-order valence-corrected chi connectivity index (χ1v) is 3.94. The van der Waals surface area contributed by atoms with Crippen LogP contribution in [0.3, 0.4) is 0 Å². The van der Waals surface area contributed by atoms with Crippen LogP contribution in [-0.2, 0) is 0 Å². The molecule has 1 aromatic rings. The summed E-state index contributed by atoms with van der Waals surface area (Å²) in [6.07, 6.45) is 1.45. The van der Waals surface area contributed by atoms with Gasteiger partial charge < -0.3 is 10.2 Å². The van der Waals surface area contributed by atoms with Gasteiger partial charge in [-0.2, -0.15) is 0 Å². The summed E-state index contributed by atoms with van der Waals surface area (Å²) in [6.45, 7) is 1.62. The van der Waals surface area contributed by atoms with Crippen LogP contribution in [0.4, 0.5) is 0 Å². The van der Waals surface area contributed by atoms with Crippen molar-refractivity contribution in [3.8, 4) is 0 Å². The SMILES string of the molecule is CC(N)C(=O)c1cc(Br)co1. The maximum Gasteiger partial charge on any atom is 0.214 e. The van der Waals surface area contributed by atoms with Gasteiger partial charge in [-0.15, -0.1) is 0 Å². The maximum absolute atomic E-state index is 11.1. The Kier molecular flexibility index (Phi) is 2.46. The van der Waals surface area contributed by atoms with E-state index in [9.17, 15) is 4.79 Å². The first kappa shape index (κ1) is 8.49. The lowest BCUT2D eigenvalue weighted by atomic mass is 10.2. The molecule has 0 bridgehead atoms. The normalized spacial score (nSPS) is 13.0. The molecule has 1 heterocycles. The lowest BCUT2D eigenvalue weighted by molar-refractivity contribution is 0.0941. The summed E-state index contributed by atoms with van der Waals surface area (Å²) in [6, 6.07) is 1.10. The van der Waals surface area contributed by atoms with E-state index in [-0.39, 0.29) is 5.78 Å². The third kappa shape index (κ3) is 1.91. The zero-order chi connectivity index (χ0) is 8.43. The maximum atomic E-state index is 11.1. The zero-order valence-electron chi connectivity index (χ0n) is 6.00. The highest BCUT2D eigenvalue weighted by atomic mass is 79.9. The molecule has 3 nitrogen and oxygen atoms in total. The molecule has 0 amide bonds. The number of halogens is 1. The quantitative estimate of drug-likeness (QED) is 0.766. The second-order valence-electron chi connectivity index (χ2n) is 2.28. The fraction of sp³-hybridized carbons (Fsp3) is 0.286. The van der Waals surface area contributed by atoms with Gasteiger partial charge in [0.15, 0.2) is 5.76 Å². The van der Waals surface area contributed by atoms with Gasteiger partial charge >= 0.3 is 0 Å². The average molecular weight is 218 g/mol. The lowest BCUT2D eigenvalue weighted by Gasteiger charge is -1.97. The van der Waals surface area contributed by atoms with E-state index in [0.29, 0.717) is 5.76 Å². The third-order valence-electron chi connectivity index (χ3n) is 1.22. The van der Waals surface area contributed by atoms with Crippen LogP contribution in [0.25, 0.3) is 0 Å². The molecule has 0 aliphatic rings. The van der Waals surface area contributed by atoms with Crippen molar-refractivity contribution in [1.82, 2.24) is 0 Å². The van der Waals surface area contributed by atoms with Crippen LogP contribution < -0.4 is 5.73 Å². The van der Waals surface area contributed by atoms with Crippen molar-refractivity contribution in [2.45, 2.75) is 13.0 Å². The van der Waals surface area contributed by atoms with Crippen LogP contribution in [0.2, 0.25) is 0 Å². The van der Waals surface area contributed by atoms with Crippen molar-refractivity contribution in [1.29, 1.82) is 0 Å².